The highest BCUT2D eigenvalue weighted by Crippen LogP contribution is 2.46. The number of aryl methyl sites for hydroxylation is 1. The van der Waals surface area contributed by atoms with Crippen molar-refractivity contribution in [3.63, 3.8) is 0 Å². The topological polar surface area (TPSA) is 74.8 Å². The summed E-state index contributed by atoms with van der Waals surface area (Å²) in [6, 6.07) is 18.5. The second kappa shape index (κ2) is 10.1. The predicted octanol–water partition coefficient (Wildman–Crippen LogP) is 5.35. The highest BCUT2D eigenvalue weighted by atomic mass is 16.5. The Hall–Kier alpha value is -3.87. The molecule has 1 aliphatic carbocycles. The average molecular weight is 511 g/mol. The number of anilines is 2. The fourth-order valence-electron chi connectivity index (χ4n) is 6.20. The molecule has 1 N–H and O–H groups in total. The molecule has 0 bridgehead atoms. The third-order valence-electron chi connectivity index (χ3n) is 8.34. The number of hydrogen-bond donors (Lipinski definition) is 1. The molecule has 2 aliphatic heterocycles. The molecule has 1 aromatic heterocycles. The normalized spacial score (nSPS) is 20.3. The van der Waals surface area contributed by atoms with E-state index in [9.17, 15) is 9.59 Å². The van der Waals surface area contributed by atoms with Crippen LogP contribution >= 0.6 is 0 Å². The van der Waals surface area contributed by atoms with Crippen LogP contribution in [0, 0.1) is 5.41 Å². The SMILES string of the molecule is CN1C(=O)C(NC(=O)c2cc(Oc3ccccc3)ccn2)CCc2ccc(N3CC4(CCCCC4)C3)cc21. The molecule has 1 saturated carbocycles. The van der Waals surface area contributed by atoms with Crippen LogP contribution in [-0.4, -0.2) is 43.0 Å². The van der Waals surface area contributed by atoms with Gasteiger partial charge in [0, 0.05) is 49.2 Å². The summed E-state index contributed by atoms with van der Waals surface area (Å²) < 4.78 is 5.84. The van der Waals surface area contributed by atoms with E-state index in [-0.39, 0.29) is 17.5 Å². The maximum absolute atomic E-state index is 13.4. The first-order valence-corrected chi connectivity index (χ1v) is 13.7. The molecule has 3 heterocycles. The molecule has 38 heavy (non-hydrogen) atoms. The Balaban J connectivity index is 1.13. The van der Waals surface area contributed by atoms with Gasteiger partial charge < -0.3 is 19.9 Å². The Morgan fingerprint density at radius 1 is 1.00 bits per heavy atom. The van der Waals surface area contributed by atoms with E-state index in [0.29, 0.717) is 29.8 Å². The smallest absolute Gasteiger partial charge is 0.270 e. The summed E-state index contributed by atoms with van der Waals surface area (Å²) in [5.74, 6) is 0.690. The van der Waals surface area contributed by atoms with Crippen molar-refractivity contribution in [2.75, 3.05) is 29.9 Å². The van der Waals surface area contributed by atoms with Crippen molar-refractivity contribution in [1.29, 1.82) is 0 Å². The van der Waals surface area contributed by atoms with Gasteiger partial charge in [0.1, 0.15) is 23.2 Å². The molecule has 6 rings (SSSR count). The number of benzene rings is 2. The van der Waals surface area contributed by atoms with Gasteiger partial charge in [0.2, 0.25) is 5.91 Å². The van der Waals surface area contributed by atoms with Crippen molar-refractivity contribution in [1.82, 2.24) is 10.3 Å². The number of hydrogen-bond acceptors (Lipinski definition) is 5. The number of para-hydroxylation sites is 1. The molecule has 7 heteroatoms. The lowest BCUT2D eigenvalue weighted by Crippen LogP contribution is -2.57. The largest absolute Gasteiger partial charge is 0.457 e. The van der Waals surface area contributed by atoms with Crippen LogP contribution in [0.5, 0.6) is 11.5 Å². The van der Waals surface area contributed by atoms with E-state index in [4.69, 9.17) is 4.74 Å². The highest BCUT2D eigenvalue weighted by molar-refractivity contribution is 6.02. The number of amides is 2. The molecule has 1 unspecified atom stereocenters. The zero-order valence-corrected chi connectivity index (χ0v) is 21.9. The number of likely N-dealkylation sites (N-methyl/N-ethyl adjacent to an activating group) is 1. The van der Waals surface area contributed by atoms with E-state index in [1.807, 2.05) is 30.3 Å². The second-order valence-corrected chi connectivity index (χ2v) is 11.0. The molecule has 1 saturated heterocycles. The second-order valence-electron chi connectivity index (χ2n) is 11.0. The van der Waals surface area contributed by atoms with Crippen LogP contribution in [0.15, 0.2) is 66.9 Å². The summed E-state index contributed by atoms with van der Waals surface area (Å²) in [6.07, 6.45) is 9.53. The minimum absolute atomic E-state index is 0.113. The van der Waals surface area contributed by atoms with Crippen molar-refractivity contribution < 1.29 is 14.3 Å². The fourth-order valence-corrected chi connectivity index (χ4v) is 6.20. The number of rotatable bonds is 5. The average Bonchev–Trinajstić information content (AvgIpc) is 3.04. The molecular formula is C31H34N4O3. The van der Waals surface area contributed by atoms with Crippen molar-refractivity contribution in [3.8, 4) is 11.5 Å². The number of pyridine rings is 1. The number of aromatic nitrogens is 1. The van der Waals surface area contributed by atoms with E-state index >= 15 is 0 Å². The number of ether oxygens (including phenoxy) is 1. The molecule has 196 valence electrons. The summed E-state index contributed by atoms with van der Waals surface area (Å²) in [7, 11) is 1.81. The van der Waals surface area contributed by atoms with E-state index in [1.165, 1.54) is 37.8 Å². The molecule has 2 aromatic carbocycles. The molecule has 7 nitrogen and oxygen atoms in total. The molecule has 2 fully saturated rings. The Labute approximate surface area is 223 Å². The molecular weight excluding hydrogens is 476 g/mol. The Morgan fingerprint density at radius 3 is 2.58 bits per heavy atom. The molecule has 1 atom stereocenters. The Morgan fingerprint density at radius 2 is 1.79 bits per heavy atom. The minimum Gasteiger partial charge on any atom is -0.457 e. The zero-order chi connectivity index (χ0) is 26.1. The number of carbonyl (C=O) groups is 2. The standard InChI is InChI=1S/C31H34N4O3/c1-34-28-18-23(35-20-31(21-35)15-6-3-7-16-31)12-10-22(28)11-13-26(30(34)37)33-29(36)27-19-25(14-17-32-27)38-24-8-4-2-5-9-24/h2,4-5,8-10,12,14,17-19,26H,3,6-7,11,13,15-16,20-21H2,1H3,(H,33,36). The van der Waals surface area contributed by atoms with Crippen LogP contribution in [0.3, 0.4) is 0 Å². The van der Waals surface area contributed by atoms with Crippen LogP contribution in [0.4, 0.5) is 11.4 Å². The van der Waals surface area contributed by atoms with Gasteiger partial charge >= 0.3 is 0 Å². The summed E-state index contributed by atoms with van der Waals surface area (Å²) in [6.45, 7) is 2.23. The number of fused-ring (bicyclic) bond motifs is 1. The first kappa shape index (κ1) is 24.5. The monoisotopic (exact) mass is 510 g/mol. The molecule has 1 spiro atoms. The van der Waals surface area contributed by atoms with Gasteiger partial charge in [-0.25, -0.2) is 0 Å². The molecule has 3 aromatic rings. The van der Waals surface area contributed by atoms with Crippen LogP contribution in [0.25, 0.3) is 0 Å². The van der Waals surface area contributed by atoms with Crippen LogP contribution in [0.2, 0.25) is 0 Å². The predicted molar refractivity (Wildman–Crippen MR) is 148 cm³/mol. The van der Waals surface area contributed by atoms with Crippen LogP contribution in [-0.2, 0) is 11.2 Å². The van der Waals surface area contributed by atoms with Crippen molar-refractivity contribution >= 4 is 23.2 Å². The maximum atomic E-state index is 13.4. The van der Waals surface area contributed by atoms with Crippen molar-refractivity contribution in [2.45, 2.75) is 51.0 Å². The fraction of sp³-hybridized carbons (Fsp3) is 0.387. The van der Waals surface area contributed by atoms with Gasteiger partial charge in [0.25, 0.3) is 5.91 Å². The van der Waals surface area contributed by atoms with Gasteiger partial charge in [-0.05, 0) is 61.6 Å². The van der Waals surface area contributed by atoms with Crippen molar-refractivity contribution in [3.05, 3.63) is 78.1 Å². The minimum atomic E-state index is -0.627. The third kappa shape index (κ3) is 4.85. The van der Waals surface area contributed by atoms with E-state index in [2.05, 4.69) is 33.4 Å². The molecule has 0 radical (unpaired) electrons. The van der Waals surface area contributed by atoms with Crippen LogP contribution in [0.1, 0.15) is 54.6 Å². The van der Waals surface area contributed by atoms with Gasteiger partial charge in [0.15, 0.2) is 0 Å². The first-order valence-electron chi connectivity index (χ1n) is 13.7. The third-order valence-corrected chi connectivity index (χ3v) is 8.34. The first-order chi connectivity index (χ1) is 18.5. The summed E-state index contributed by atoms with van der Waals surface area (Å²) >= 11 is 0. The van der Waals surface area contributed by atoms with E-state index < -0.39 is 6.04 Å². The van der Waals surface area contributed by atoms with Crippen LogP contribution < -0.4 is 19.9 Å². The zero-order valence-electron chi connectivity index (χ0n) is 21.9. The van der Waals surface area contributed by atoms with Gasteiger partial charge in [0.05, 0.1) is 0 Å². The number of nitrogens with zero attached hydrogens (tertiary/aromatic N) is 3. The van der Waals surface area contributed by atoms with Crippen molar-refractivity contribution in [2.24, 2.45) is 5.41 Å². The van der Waals surface area contributed by atoms with Gasteiger partial charge in [-0.1, -0.05) is 43.5 Å². The Kier molecular flexibility index (Phi) is 6.52. The summed E-state index contributed by atoms with van der Waals surface area (Å²) in [4.78, 5) is 34.9. The van der Waals surface area contributed by atoms with Gasteiger partial charge in [-0.2, -0.15) is 0 Å². The number of carbonyl (C=O) groups excluding carboxylic acids is 2. The van der Waals surface area contributed by atoms with Gasteiger partial charge in [-0.3, -0.25) is 14.6 Å². The number of nitrogens with one attached hydrogen (secondary N) is 1. The Bertz CT molecular complexity index is 1330. The lowest BCUT2D eigenvalue weighted by atomic mass is 9.68. The summed E-state index contributed by atoms with van der Waals surface area (Å²) in [5, 5.41) is 2.92. The molecule has 3 aliphatic rings. The lowest BCUT2D eigenvalue weighted by molar-refractivity contribution is -0.120. The summed E-state index contributed by atoms with van der Waals surface area (Å²) in [5.41, 5.74) is 3.96. The van der Waals surface area contributed by atoms with E-state index in [0.717, 1.165) is 24.3 Å². The van der Waals surface area contributed by atoms with Gasteiger partial charge in [-0.15, -0.1) is 0 Å². The van der Waals surface area contributed by atoms with E-state index in [1.54, 1.807) is 30.3 Å². The quantitative estimate of drug-likeness (QED) is 0.501. The lowest BCUT2D eigenvalue weighted by Gasteiger charge is -2.53. The maximum Gasteiger partial charge on any atom is 0.270 e. The molecule has 2 amide bonds. The highest BCUT2D eigenvalue weighted by Gasteiger charge is 2.43.